The lowest BCUT2D eigenvalue weighted by Crippen LogP contribution is -2.20. The minimum absolute atomic E-state index is 0.0279. The Hall–Kier alpha value is -1.05. The zero-order chi connectivity index (χ0) is 11.6. The van der Waals surface area contributed by atoms with Gasteiger partial charge in [0, 0.05) is 11.8 Å². The molecule has 16 heavy (non-hydrogen) atoms. The highest BCUT2D eigenvalue weighted by molar-refractivity contribution is 5.94. The van der Waals surface area contributed by atoms with Gasteiger partial charge in [0.2, 0.25) is 0 Å². The summed E-state index contributed by atoms with van der Waals surface area (Å²) in [4.78, 5) is 11.4. The Balaban J connectivity index is 2.29. The molecule has 2 heteroatoms. The van der Waals surface area contributed by atoms with Crippen LogP contribution in [0.1, 0.15) is 51.9 Å². The third kappa shape index (κ3) is 2.37. The number of carbonyl (C=O) groups is 1. The number of rotatable bonds is 1. The first-order valence-corrected chi connectivity index (χ1v) is 6.25. The van der Waals surface area contributed by atoms with E-state index in [0.29, 0.717) is 12.2 Å². The smallest absolute Gasteiger partial charge is 0.155 e. The predicted molar refractivity (Wildman–Crippen MR) is 64.2 cm³/mol. The average Bonchev–Trinajstić information content (AvgIpc) is 2.42. The molecule has 0 aromatic heterocycles. The predicted octanol–water partition coefficient (Wildman–Crippen LogP) is 3.69. The van der Waals surface area contributed by atoms with Crippen LogP contribution < -0.4 is 0 Å². The Kier molecular flexibility index (Phi) is 3.17. The van der Waals surface area contributed by atoms with Gasteiger partial charge in [-0.25, -0.2) is 0 Å². The van der Waals surface area contributed by atoms with Gasteiger partial charge in [-0.05, 0) is 31.4 Å². The molecule has 0 unspecified atom stereocenters. The van der Waals surface area contributed by atoms with Gasteiger partial charge in [-0.2, -0.15) is 0 Å². The van der Waals surface area contributed by atoms with E-state index in [1.165, 1.54) is 25.7 Å². The van der Waals surface area contributed by atoms with Gasteiger partial charge in [0.05, 0.1) is 5.76 Å². The molecule has 0 heterocycles. The third-order valence-corrected chi connectivity index (χ3v) is 3.77. The fraction of sp³-hybridized carbons (Fsp3) is 0.643. The molecule has 1 fully saturated rings. The number of ketones is 1. The Morgan fingerprint density at radius 1 is 1.19 bits per heavy atom. The second-order valence-corrected chi connectivity index (χ2v) is 5.19. The quantitative estimate of drug-likeness (QED) is 0.731. The first-order chi connectivity index (χ1) is 7.61. The van der Waals surface area contributed by atoms with Crippen LogP contribution in [0.3, 0.4) is 0 Å². The molecule has 1 N–H and O–H groups in total. The number of allylic oxidation sites excluding steroid dienone is 3. The van der Waals surface area contributed by atoms with Crippen LogP contribution in [0.5, 0.6) is 0 Å². The summed E-state index contributed by atoms with van der Waals surface area (Å²) in [7, 11) is 0. The van der Waals surface area contributed by atoms with Crippen molar-refractivity contribution in [1.82, 2.24) is 0 Å². The van der Waals surface area contributed by atoms with Gasteiger partial charge in [0.15, 0.2) is 5.78 Å². The summed E-state index contributed by atoms with van der Waals surface area (Å²) in [6, 6.07) is 0. The maximum atomic E-state index is 11.4. The number of hydrogen-bond acceptors (Lipinski definition) is 2. The van der Waals surface area contributed by atoms with Crippen molar-refractivity contribution in [1.29, 1.82) is 0 Å². The first-order valence-electron chi connectivity index (χ1n) is 6.25. The second kappa shape index (κ2) is 4.44. The molecule has 2 aliphatic rings. The van der Waals surface area contributed by atoms with Crippen LogP contribution in [0.25, 0.3) is 0 Å². The van der Waals surface area contributed by atoms with Crippen molar-refractivity contribution in [2.45, 2.75) is 51.9 Å². The van der Waals surface area contributed by atoms with Crippen molar-refractivity contribution in [3.63, 3.8) is 0 Å². The van der Waals surface area contributed by atoms with Crippen LogP contribution in [-0.2, 0) is 4.79 Å². The molecule has 2 aliphatic carbocycles. The van der Waals surface area contributed by atoms with Gasteiger partial charge < -0.3 is 5.11 Å². The highest BCUT2D eigenvalue weighted by Crippen LogP contribution is 2.42. The van der Waals surface area contributed by atoms with Gasteiger partial charge in [0.1, 0.15) is 0 Å². The maximum absolute atomic E-state index is 11.4. The van der Waals surface area contributed by atoms with E-state index in [1.54, 1.807) is 6.92 Å². The fourth-order valence-electron chi connectivity index (χ4n) is 2.92. The molecule has 0 bridgehead atoms. The van der Waals surface area contributed by atoms with Crippen molar-refractivity contribution >= 4 is 5.78 Å². The van der Waals surface area contributed by atoms with Gasteiger partial charge >= 0.3 is 0 Å². The monoisotopic (exact) mass is 220 g/mol. The van der Waals surface area contributed by atoms with Crippen molar-refractivity contribution in [2.24, 2.45) is 5.41 Å². The van der Waals surface area contributed by atoms with Crippen LogP contribution >= 0.6 is 0 Å². The molecular formula is C14H20O2. The van der Waals surface area contributed by atoms with Crippen molar-refractivity contribution in [3.8, 4) is 0 Å². The molecule has 0 atom stereocenters. The molecule has 1 saturated carbocycles. The summed E-state index contributed by atoms with van der Waals surface area (Å²) < 4.78 is 0. The van der Waals surface area contributed by atoms with Crippen LogP contribution in [0, 0.1) is 5.41 Å². The van der Waals surface area contributed by atoms with E-state index in [0.717, 1.165) is 18.4 Å². The minimum Gasteiger partial charge on any atom is -0.512 e. The van der Waals surface area contributed by atoms with E-state index in [-0.39, 0.29) is 11.2 Å². The third-order valence-electron chi connectivity index (χ3n) is 3.77. The van der Waals surface area contributed by atoms with Crippen molar-refractivity contribution in [3.05, 3.63) is 23.5 Å². The average molecular weight is 220 g/mol. The van der Waals surface area contributed by atoms with Gasteiger partial charge in [0.25, 0.3) is 0 Å². The van der Waals surface area contributed by atoms with Gasteiger partial charge in [-0.15, -0.1) is 0 Å². The summed E-state index contributed by atoms with van der Waals surface area (Å²) in [5, 5.41) is 9.81. The Labute approximate surface area is 97.0 Å². The number of Topliss-reactive ketones (excluding diaryl/α,β-unsaturated/α-hetero) is 1. The van der Waals surface area contributed by atoms with E-state index in [1.807, 2.05) is 6.08 Å². The fourth-order valence-corrected chi connectivity index (χ4v) is 2.92. The zero-order valence-corrected chi connectivity index (χ0v) is 9.96. The molecule has 2 rings (SSSR count). The largest absolute Gasteiger partial charge is 0.512 e. The van der Waals surface area contributed by atoms with Crippen LogP contribution in [-0.4, -0.2) is 10.9 Å². The number of aliphatic hydroxyl groups excluding tert-OH is 1. The van der Waals surface area contributed by atoms with Crippen molar-refractivity contribution in [2.75, 3.05) is 0 Å². The summed E-state index contributed by atoms with van der Waals surface area (Å²) in [5.41, 5.74) is 0.765. The summed E-state index contributed by atoms with van der Waals surface area (Å²) in [5.74, 6) is 0.484. The number of carbonyl (C=O) groups excluding carboxylic acids is 1. The standard InChI is InChI=1S/C14H20O2/c1-11(15)12-8-13(16)10-14(9-12)6-4-2-3-5-7-14/h9-10,16H,2-8H2,1H3. The highest BCUT2D eigenvalue weighted by Gasteiger charge is 2.31. The molecule has 0 amide bonds. The second-order valence-electron chi connectivity index (χ2n) is 5.19. The Morgan fingerprint density at radius 3 is 2.38 bits per heavy atom. The molecule has 0 radical (unpaired) electrons. The lowest BCUT2D eigenvalue weighted by molar-refractivity contribution is -0.113. The van der Waals surface area contributed by atoms with E-state index in [2.05, 4.69) is 6.08 Å². The Bertz CT molecular complexity index is 342. The zero-order valence-electron chi connectivity index (χ0n) is 9.96. The maximum Gasteiger partial charge on any atom is 0.155 e. The molecule has 88 valence electrons. The lowest BCUT2D eigenvalue weighted by atomic mass is 9.74. The van der Waals surface area contributed by atoms with Crippen LogP contribution in [0.2, 0.25) is 0 Å². The number of aliphatic hydroxyl groups is 1. The first kappa shape index (κ1) is 11.4. The summed E-state index contributed by atoms with van der Waals surface area (Å²) >= 11 is 0. The van der Waals surface area contributed by atoms with E-state index in [4.69, 9.17) is 0 Å². The molecule has 0 aromatic rings. The molecular weight excluding hydrogens is 200 g/mol. The van der Waals surface area contributed by atoms with Gasteiger partial charge in [-0.3, -0.25) is 4.79 Å². The van der Waals surface area contributed by atoms with E-state index >= 15 is 0 Å². The van der Waals surface area contributed by atoms with E-state index < -0.39 is 0 Å². The topological polar surface area (TPSA) is 37.3 Å². The minimum atomic E-state index is -0.0279. The molecule has 0 aromatic carbocycles. The molecule has 1 spiro atoms. The van der Waals surface area contributed by atoms with Crippen LogP contribution in [0.4, 0.5) is 0 Å². The summed E-state index contributed by atoms with van der Waals surface area (Å²) in [6.45, 7) is 1.59. The summed E-state index contributed by atoms with van der Waals surface area (Å²) in [6.07, 6.45) is 11.7. The molecule has 0 aliphatic heterocycles. The lowest BCUT2D eigenvalue weighted by Gasteiger charge is -2.30. The van der Waals surface area contributed by atoms with Gasteiger partial charge in [-0.1, -0.05) is 31.8 Å². The van der Waals surface area contributed by atoms with Crippen LogP contribution in [0.15, 0.2) is 23.5 Å². The normalized spacial score (nSPS) is 24.6. The molecule has 2 nitrogen and oxygen atoms in total. The highest BCUT2D eigenvalue weighted by atomic mass is 16.3. The van der Waals surface area contributed by atoms with E-state index in [9.17, 15) is 9.90 Å². The SMILES string of the molecule is CC(=O)C1=CC2(C=C(O)C1)CCCCCC2. The Morgan fingerprint density at radius 2 is 1.81 bits per heavy atom. The van der Waals surface area contributed by atoms with Crippen molar-refractivity contribution < 1.29 is 9.90 Å². The number of hydrogen-bond donors (Lipinski definition) is 1. The molecule has 0 saturated heterocycles.